The topological polar surface area (TPSA) is 49.9 Å². The lowest BCUT2D eigenvalue weighted by Crippen LogP contribution is -2.05. The third-order valence-electron chi connectivity index (χ3n) is 2.18. The van der Waals surface area contributed by atoms with Gasteiger partial charge in [0.1, 0.15) is 0 Å². The lowest BCUT2D eigenvalue weighted by atomic mass is 10.1. The van der Waals surface area contributed by atoms with Crippen molar-refractivity contribution in [2.75, 3.05) is 0 Å². The van der Waals surface area contributed by atoms with Crippen LogP contribution >= 0.6 is 0 Å². The number of ketones is 1. The van der Waals surface area contributed by atoms with Gasteiger partial charge in [0.05, 0.1) is 0 Å². The van der Waals surface area contributed by atoms with Gasteiger partial charge in [0.2, 0.25) is 0 Å². The number of carbonyl (C=O) groups excluding carboxylic acids is 1. The zero-order valence-corrected chi connectivity index (χ0v) is 9.70. The van der Waals surface area contributed by atoms with E-state index in [0.717, 1.165) is 5.39 Å². The Labute approximate surface area is 94.1 Å². The average Bonchev–Trinajstić information content (AvgIpc) is 2.32. The molecule has 0 spiro atoms. The summed E-state index contributed by atoms with van der Waals surface area (Å²) in [6.07, 6.45) is 1.60. The van der Waals surface area contributed by atoms with E-state index in [1.54, 1.807) is 30.5 Å². The minimum atomic E-state index is -0.161. The monoisotopic (exact) mass is 217 g/mol. The maximum atomic E-state index is 11.4. The predicted molar refractivity (Wildman–Crippen MR) is 65.9 cm³/mol. The number of benzene rings is 1. The molecule has 0 saturated heterocycles. The molecule has 16 heavy (non-hydrogen) atoms. The lowest BCUT2D eigenvalue weighted by Gasteiger charge is -1.98. The van der Waals surface area contributed by atoms with Crippen molar-refractivity contribution < 1.29 is 4.79 Å². The molecule has 0 atom stereocenters. The van der Waals surface area contributed by atoms with E-state index < -0.39 is 0 Å². The molecule has 0 unspecified atom stereocenters. The minimum Gasteiger partial charge on any atom is -0.329 e. The molecule has 0 aliphatic carbocycles. The highest BCUT2D eigenvalue weighted by molar-refractivity contribution is 5.98. The first-order valence-corrected chi connectivity index (χ1v) is 5.31. The summed E-state index contributed by atoms with van der Waals surface area (Å²) in [4.78, 5) is 25.0. The number of aromatic nitrogens is 1. The molecular formula is C13H15NO2. The predicted octanol–water partition coefficient (Wildman–Crippen LogP) is 2.76. The highest BCUT2D eigenvalue weighted by atomic mass is 16.1. The molecule has 1 aromatic carbocycles. The van der Waals surface area contributed by atoms with Crippen molar-refractivity contribution in [3.63, 3.8) is 0 Å². The minimum absolute atomic E-state index is 0.0323. The molecule has 84 valence electrons. The molecule has 0 fully saturated rings. The van der Waals surface area contributed by atoms with Crippen molar-refractivity contribution in [3.8, 4) is 0 Å². The second-order valence-electron chi connectivity index (χ2n) is 3.17. The zero-order valence-electron chi connectivity index (χ0n) is 9.70. The Hall–Kier alpha value is -1.90. The van der Waals surface area contributed by atoms with Crippen molar-refractivity contribution in [3.05, 3.63) is 46.4 Å². The van der Waals surface area contributed by atoms with Crippen LogP contribution in [0.4, 0.5) is 0 Å². The number of hydrogen-bond donors (Lipinski definition) is 1. The fourth-order valence-electron chi connectivity index (χ4n) is 1.40. The fraction of sp³-hybridized carbons (Fsp3) is 0.231. The molecule has 0 saturated carbocycles. The van der Waals surface area contributed by atoms with Crippen LogP contribution in [-0.4, -0.2) is 10.8 Å². The molecule has 2 rings (SSSR count). The third-order valence-corrected chi connectivity index (χ3v) is 2.18. The Morgan fingerprint density at radius 1 is 1.19 bits per heavy atom. The summed E-state index contributed by atoms with van der Waals surface area (Å²) in [5.41, 5.74) is 0.403. The molecule has 0 aliphatic heterocycles. The van der Waals surface area contributed by atoms with Gasteiger partial charge in [-0.05, 0) is 24.4 Å². The quantitative estimate of drug-likeness (QED) is 0.747. The van der Waals surface area contributed by atoms with Gasteiger partial charge in [0, 0.05) is 17.1 Å². The first-order chi connectivity index (χ1) is 7.68. The van der Waals surface area contributed by atoms with E-state index in [9.17, 15) is 9.59 Å². The van der Waals surface area contributed by atoms with Gasteiger partial charge in [0.15, 0.2) is 5.78 Å². The van der Waals surface area contributed by atoms with E-state index in [1.165, 1.54) is 6.92 Å². The van der Waals surface area contributed by atoms with Gasteiger partial charge >= 0.3 is 0 Å². The Balaban J connectivity index is 0.000000606. The molecule has 1 aromatic heterocycles. The van der Waals surface area contributed by atoms with Crippen LogP contribution in [0.5, 0.6) is 0 Å². The van der Waals surface area contributed by atoms with Crippen molar-refractivity contribution in [2.24, 2.45) is 0 Å². The summed E-state index contributed by atoms with van der Waals surface area (Å²) in [6.45, 7) is 5.48. The molecule has 3 heteroatoms. The molecule has 1 N–H and O–H groups in total. The highest BCUT2D eigenvalue weighted by Gasteiger charge is 2.02. The maximum Gasteiger partial charge on any atom is 0.255 e. The zero-order chi connectivity index (χ0) is 12.1. The third kappa shape index (κ3) is 2.37. The van der Waals surface area contributed by atoms with Gasteiger partial charge in [0.25, 0.3) is 5.56 Å². The summed E-state index contributed by atoms with van der Waals surface area (Å²) in [7, 11) is 0. The van der Waals surface area contributed by atoms with Crippen molar-refractivity contribution in [1.82, 2.24) is 4.98 Å². The van der Waals surface area contributed by atoms with Crippen LogP contribution in [0.2, 0.25) is 0 Å². The number of pyridine rings is 1. The summed E-state index contributed by atoms with van der Waals surface area (Å²) < 4.78 is 0. The Kier molecular flexibility index (Phi) is 4.00. The van der Waals surface area contributed by atoms with E-state index in [2.05, 4.69) is 4.98 Å². The van der Waals surface area contributed by atoms with Crippen LogP contribution in [0.3, 0.4) is 0 Å². The summed E-state index contributed by atoms with van der Waals surface area (Å²) >= 11 is 0. The number of rotatable bonds is 1. The van der Waals surface area contributed by atoms with Crippen LogP contribution in [-0.2, 0) is 0 Å². The number of hydrogen-bond acceptors (Lipinski definition) is 2. The van der Waals surface area contributed by atoms with Gasteiger partial charge in [-0.15, -0.1) is 0 Å². The van der Waals surface area contributed by atoms with Crippen molar-refractivity contribution >= 4 is 16.6 Å². The summed E-state index contributed by atoms with van der Waals surface area (Å²) in [6, 6.07) is 6.93. The number of fused-ring (bicyclic) bond motifs is 1. The van der Waals surface area contributed by atoms with Crippen LogP contribution in [0.25, 0.3) is 10.8 Å². The Morgan fingerprint density at radius 3 is 2.50 bits per heavy atom. The van der Waals surface area contributed by atoms with Gasteiger partial charge in [-0.2, -0.15) is 0 Å². The summed E-state index contributed by atoms with van der Waals surface area (Å²) in [5.74, 6) is -0.0323. The van der Waals surface area contributed by atoms with Crippen LogP contribution in [0.15, 0.2) is 35.3 Å². The number of carbonyl (C=O) groups is 1. The van der Waals surface area contributed by atoms with Gasteiger partial charge in [-0.3, -0.25) is 9.59 Å². The Bertz CT molecular complexity index is 555. The molecule has 0 radical (unpaired) electrons. The molecule has 1 heterocycles. The first-order valence-electron chi connectivity index (χ1n) is 5.31. The first kappa shape index (κ1) is 12.2. The standard InChI is InChI=1S/C11H9NO2.C2H6/c1-7(13)9-3-2-8-4-5-12-11(14)10(8)6-9;1-2/h2-6H,1H3,(H,12,14);1-2H3. The fourth-order valence-corrected chi connectivity index (χ4v) is 1.40. The normalized spacial score (nSPS) is 9.44. The van der Waals surface area contributed by atoms with Crippen LogP contribution in [0.1, 0.15) is 31.1 Å². The van der Waals surface area contributed by atoms with E-state index in [1.807, 2.05) is 13.8 Å². The molecule has 0 amide bonds. The number of H-pyrrole nitrogens is 1. The smallest absolute Gasteiger partial charge is 0.255 e. The molecule has 2 aromatic rings. The SMILES string of the molecule is CC.CC(=O)c1ccc2cc[nH]c(=O)c2c1. The van der Waals surface area contributed by atoms with Crippen molar-refractivity contribution in [1.29, 1.82) is 0 Å². The Morgan fingerprint density at radius 2 is 1.88 bits per heavy atom. The second-order valence-corrected chi connectivity index (χ2v) is 3.17. The van der Waals surface area contributed by atoms with E-state index in [0.29, 0.717) is 10.9 Å². The summed E-state index contributed by atoms with van der Waals surface area (Å²) in [5, 5.41) is 1.40. The average molecular weight is 217 g/mol. The lowest BCUT2D eigenvalue weighted by molar-refractivity contribution is 0.101. The van der Waals surface area contributed by atoms with Crippen LogP contribution < -0.4 is 5.56 Å². The number of Topliss-reactive ketones (excluding diaryl/α,β-unsaturated/α-hetero) is 1. The molecule has 0 bridgehead atoms. The number of nitrogens with one attached hydrogen (secondary N) is 1. The van der Waals surface area contributed by atoms with Gasteiger partial charge in [-0.1, -0.05) is 26.0 Å². The number of aromatic amines is 1. The highest BCUT2D eigenvalue weighted by Crippen LogP contribution is 2.11. The molecule has 3 nitrogen and oxygen atoms in total. The maximum absolute atomic E-state index is 11.4. The van der Waals surface area contributed by atoms with Crippen LogP contribution in [0, 0.1) is 0 Å². The largest absolute Gasteiger partial charge is 0.329 e. The molecule has 0 aliphatic rings. The second kappa shape index (κ2) is 5.26. The van der Waals surface area contributed by atoms with E-state index in [4.69, 9.17) is 0 Å². The van der Waals surface area contributed by atoms with Gasteiger partial charge in [-0.25, -0.2) is 0 Å². The van der Waals surface area contributed by atoms with Crippen molar-refractivity contribution in [2.45, 2.75) is 20.8 Å². The van der Waals surface area contributed by atoms with Gasteiger partial charge < -0.3 is 4.98 Å². The van der Waals surface area contributed by atoms with E-state index in [-0.39, 0.29) is 11.3 Å². The van der Waals surface area contributed by atoms with E-state index >= 15 is 0 Å². The molecular weight excluding hydrogens is 202 g/mol.